The van der Waals surface area contributed by atoms with Gasteiger partial charge in [-0.2, -0.15) is 0 Å². The monoisotopic (exact) mass is 1280 g/mol. The van der Waals surface area contributed by atoms with Crippen molar-refractivity contribution in [2.24, 2.45) is 5.92 Å². The number of aliphatic hydroxyl groups excluding tert-OH is 8. The molecule has 33 heteroatoms. The number of hydrogen-bond donors (Lipinski definition) is 13. The molecule has 3 heterocycles. The minimum absolute atomic E-state index is 0. The van der Waals surface area contributed by atoms with Crippen LogP contribution in [0.2, 0.25) is 0 Å². The molecule has 13 N–H and O–H groups in total. The molecule has 486 valence electrons. The van der Waals surface area contributed by atoms with E-state index in [0.717, 1.165) is 27.7 Å². The summed E-state index contributed by atoms with van der Waals surface area (Å²) in [5.41, 5.74) is -1.76. The predicted molar refractivity (Wildman–Crippen MR) is 300 cm³/mol. The molecule has 3 aliphatic heterocycles. The van der Waals surface area contributed by atoms with E-state index in [0.29, 0.717) is 5.56 Å². The largest absolute Gasteiger partial charge is 1.00 e. The number of β-amino-alcohol motifs (C(OH)–C–C–N with tert-alkyl or cyclic N) is 1. The number of rotatable bonds is 17. The molecule has 0 spiro atoms. The molecular weight excluding hydrogens is 1200 g/mol. The smallest absolute Gasteiger partial charge is 0.716 e. The van der Waals surface area contributed by atoms with Gasteiger partial charge in [-0.3, -0.25) is 28.8 Å². The second-order valence-electron chi connectivity index (χ2n) is 23.7. The summed E-state index contributed by atoms with van der Waals surface area (Å²) in [6.45, 7) is 7.28. The maximum atomic E-state index is 15.2. The normalized spacial score (nSPS) is 25.7. The average molecular weight is 1280 g/mol. The summed E-state index contributed by atoms with van der Waals surface area (Å²) in [6, 6.07) is -1.56. The van der Waals surface area contributed by atoms with Crippen molar-refractivity contribution in [3.63, 3.8) is 0 Å². The summed E-state index contributed by atoms with van der Waals surface area (Å²) in [5, 5.41) is 101. The zero-order valence-corrected chi connectivity index (χ0v) is 53.2. The Morgan fingerprint density at radius 1 is 0.750 bits per heavy atom. The van der Waals surface area contributed by atoms with Crippen LogP contribution in [0.3, 0.4) is 0 Å². The average Bonchev–Trinajstić information content (AvgIpc) is 2.43. The van der Waals surface area contributed by atoms with E-state index in [2.05, 4.69) is 26.6 Å². The third kappa shape index (κ3) is 21.3. The summed E-state index contributed by atoms with van der Waals surface area (Å²) < 4.78 is 57.2. The van der Waals surface area contributed by atoms with Crippen molar-refractivity contribution in [2.75, 3.05) is 39.4 Å². The first kappa shape index (κ1) is 74.5. The summed E-state index contributed by atoms with van der Waals surface area (Å²) in [5.74, 6) is -9.56. The molecule has 13 atom stereocenters. The number of carbonyl (C=O) groups excluding carboxylic acids is 8. The molecule has 0 aliphatic carbocycles. The molecule has 5 rings (SSSR count). The number of nitrogens with zero attached hydrogens (tertiary/aromatic N) is 3. The number of fused-ring (bicyclic) bond motifs is 2. The van der Waals surface area contributed by atoms with Gasteiger partial charge in [-0.05, 0) is 78.1 Å². The number of benzene rings is 2. The van der Waals surface area contributed by atoms with Crippen molar-refractivity contribution >= 4 is 58.0 Å². The first-order valence-electron chi connectivity index (χ1n) is 28.0. The number of nitrogens with one attached hydrogen (secondary N) is 5. The second-order valence-corrected chi connectivity index (χ2v) is 24.7. The zero-order valence-electron chi connectivity index (χ0n) is 50.4. The van der Waals surface area contributed by atoms with E-state index in [1.807, 2.05) is 0 Å². The fourth-order valence-corrected chi connectivity index (χ4v) is 10.2. The van der Waals surface area contributed by atoms with E-state index >= 15 is 9.59 Å². The van der Waals surface area contributed by atoms with Crippen molar-refractivity contribution in [2.45, 2.75) is 178 Å². The fourth-order valence-electron chi connectivity index (χ4n) is 9.87. The Morgan fingerprint density at radius 2 is 1.35 bits per heavy atom. The number of alkyl carbamates (subject to hydrolysis) is 1. The number of aliphatic hydroxyl groups is 8. The van der Waals surface area contributed by atoms with Crippen molar-refractivity contribution in [3.05, 3.63) is 59.7 Å². The fraction of sp³-hybridized carbons (Fsp3) is 0.636. The molecule has 88 heavy (non-hydrogen) atoms. The minimum Gasteiger partial charge on any atom is -0.716 e. The maximum absolute atomic E-state index is 15.2. The molecule has 2 aromatic carbocycles. The van der Waals surface area contributed by atoms with Crippen molar-refractivity contribution < 1.29 is 140 Å². The molecule has 3 aliphatic rings. The van der Waals surface area contributed by atoms with Gasteiger partial charge in [-0.15, -0.1) is 0 Å². The van der Waals surface area contributed by atoms with Crippen molar-refractivity contribution in [1.29, 1.82) is 0 Å². The van der Waals surface area contributed by atoms with Gasteiger partial charge >= 0.3 is 41.7 Å². The van der Waals surface area contributed by atoms with E-state index in [-0.39, 0.29) is 47.5 Å². The van der Waals surface area contributed by atoms with Gasteiger partial charge in [0.1, 0.15) is 54.1 Å². The quantitative estimate of drug-likeness (QED) is 0.0398. The molecular formula is C55H81N8NaO23S. The van der Waals surface area contributed by atoms with Crippen LogP contribution in [-0.2, 0) is 61.7 Å². The SMILES string of the molecule is C[C@@H](O)C1NC(=O)[C@H](NC(=O)OC(C)(C)C)C[C@@H](O)CNC(=O)[C@@H]2[C@@H](O)[C@@H](C)CN2C(=O)[C@H]([C@H](O)CCN(C(=O)OC(C)(C)C)C(CO)CO)NC(=O)[C@H]([C@H](O)Cc2ccc(OCc3ccccc3)c(OS(=O)(=O)[O-])c2)NC(=O)[C@@H]2C[C@@H](O)CN2C1=O.[Na+]. The van der Waals surface area contributed by atoms with Gasteiger partial charge in [0.2, 0.25) is 35.4 Å². The van der Waals surface area contributed by atoms with Crippen LogP contribution in [0.15, 0.2) is 48.5 Å². The summed E-state index contributed by atoms with van der Waals surface area (Å²) in [7, 11) is -5.51. The van der Waals surface area contributed by atoms with Crippen LogP contribution in [-0.4, -0.2) is 246 Å². The van der Waals surface area contributed by atoms with E-state index in [4.69, 9.17) is 18.4 Å². The Bertz CT molecular complexity index is 2860. The zero-order chi connectivity index (χ0) is 65.0. The van der Waals surface area contributed by atoms with Crippen LogP contribution in [0.1, 0.15) is 85.8 Å². The molecule has 3 fully saturated rings. The molecule has 8 amide bonds. The molecule has 0 radical (unpaired) electrons. The Labute approximate surface area is 531 Å². The Kier molecular flexibility index (Phi) is 27.2. The van der Waals surface area contributed by atoms with Crippen LogP contribution in [0, 0.1) is 5.92 Å². The van der Waals surface area contributed by atoms with Gasteiger partial charge in [0.05, 0.1) is 55.9 Å². The first-order valence-corrected chi connectivity index (χ1v) is 29.4. The standard InChI is InChI=1S/C55H82N8O23S.Na/c1-28-23-63-44(45(28)71)49(75)56-22-33(67)20-35(57-52(78)84-54(3,4)5)46(72)58-41(29(2)66)50(76)62-24-34(68)21-36(62)47(73)59-42(38(70)18-31-14-15-39(40(19-31)86-87(80,81)82)83-27-30-12-10-9-11-13-30)48(74)60-43(51(63)77)37(69)16-17-61(32(25-64)26-65)53(79)85-55(6,7)8;/h9-15,19,28-29,32-38,41-45,64-71H,16-18,20-27H2,1-8H3,(H,56,75)(H,57,78)(H,58,72)(H,59,73)(H,60,74)(H,80,81,82);/q;+1/p-1/t28-,29+,33+,34+,35+,36-,37+,38+,41?,42-,43-,44-,45-;/m0./s1. The summed E-state index contributed by atoms with van der Waals surface area (Å²) >= 11 is 0. The molecule has 0 aromatic heterocycles. The van der Waals surface area contributed by atoms with Crippen molar-refractivity contribution in [3.8, 4) is 11.5 Å². The van der Waals surface area contributed by atoms with E-state index in [1.54, 1.807) is 30.3 Å². The Morgan fingerprint density at radius 3 is 1.94 bits per heavy atom. The van der Waals surface area contributed by atoms with Crippen LogP contribution < -0.4 is 65.1 Å². The van der Waals surface area contributed by atoms with Gasteiger partial charge in [-0.25, -0.2) is 18.0 Å². The topological polar surface area (TPSA) is 462 Å². The molecule has 31 nitrogen and oxygen atoms in total. The summed E-state index contributed by atoms with van der Waals surface area (Å²) in [4.78, 5) is 117. The predicted octanol–water partition coefficient (Wildman–Crippen LogP) is -6.87. The molecule has 1 unspecified atom stereocenters. The third-order valence-corrected chi connectivity index (χ3v) is 14.6. The van der Waals surface area contributed by atoms with Crippen LogP contribution in [0.5, 0.6) is 11.5 Å². The van der Waals surface area contributed by atoms with Crippen LogP contribution in [0.25, 0.3) is 0 Å². The van der Waals surface area contributed by atoms with Gasteiger partial charge < -0.3 is 105 Å². The Hall–Kier alpha value is -6.01. The van der Waals surface area contributed by atoms with E-state index < -0.39 is 225 Å². The third-order valence-electron chi connectivity index (χ3n) is 14.2. The maximum Gasteiger partial charge on any atom is 1.00 e. The first-order chi connectivity index (χ1) is 40.5. The van der Waals surface area contributed by atoms with E-state index in [9.17, 15) is 82.6 Å². The molecule has 3 saturated heterocycles. The summed E-state index contributed by atoms with van der Waals surface area (Å²) in [6.07, 6.45) is -16.2. The molecule has 0 bridgehead atoms. The van der Waals surface area contributed by atoms with Gasteiger partial charge in [0.15, 0.2) is 11.5 Å². The van der Waals surface area contributed by atoms with Gasteiger partial charge in [0.25, 0.3) is 10.4 Å². The van der Waals surface area contributed by atoms with Crippen molar-refractivity contribution in [1.82, 2.24) is 41.3 Å². The number of ether oxygens (including phenoxy) is 3. The number of carbonyl (C=O) groups is 8. The molecule has 0 saturated carbocycles. The number of amides is 8. The van der Waals surface area contributed by atoms with Gasteiger partial charge in [-0.1, -0.05) is 43.3 Å². The van der Waals surface area contributed by atoms with Crippen LogP contribution in [0.4, 0.5) is 9.59 Å². The van der Waals surface area contributed by atoms with Crippen LogP contribution >= 0.6 is 0 Å². The van der Waals surface area contributed by atoms with E-state index in [1.165, 1.54) is 60.6 Å². The number of hydrogen-bond acceptors (Lipinski definition) is 23. The van der Waals surface area contributed by atoms with Gasteiger partial charge in [0, 0.05) is 51.4 Å². The minimum atomic E-state index is -5.51. The Balaban J connectivity index is 0.0000166. The second kappa shape index (κ2) is 32.1. The molecule has 2 aromatic rings.